The highest BCUT2D eigenvalue weighted by Crippen LogP contribution is 2.21. The highest BCUT2D eigenvalue weighted by molar-refractivity contribution is 9.10. The average molecular weight is 516 g/mol. The molecule has 32 heavy (non-hydrogen) atoms. The first-order chi connectivity index (χ1) is 15.5. The molecule has 1 N–H and O–H groups in total. The number of ether oxygens (including phenoxy) is 1. The monoisotopic (exact) mass is 514 g/mol. The van der Waals surface area contributed by atoms with Crippen molar-refractivity contribution in [1.29, 1.82) is 0 Å². The fourth-order valence-electron chi connectivity index (χ4n) is 3.29. The van der Waals surface area contributed by atoms with Gasteiger partial charge in [0.25, 0.3) is 5.91 Å². The molecule has 3 aromatic carbocycles. The van der Waals surface area contributed by atoms with Crippen molar-refractivity contribution in [3.63, 3.8) is 0 Å². The summed E-state index contributed by atoms with van der Waals surface area (Å²) in [5.41, 5.74) is 1.71. The van der Waals surface area contributed by atoms with E-state index < -0.39 is 6.04 Å². The van der Waals surface area contributed by atoms with Crippen LogP contribution >= 0.6 is 27.5 Å². The van der Waals surface area contributed by atoms with Crippen LogP contribution in [0.25, 0.3) is 0 Å². The number of rotatable bonds is 9. The molecular weight excluding hydrogens is 492 g/mol. The van der Waals surface area contributed by atoms with Crippen molar-refractivity contribution in [2.75, 3.05) is 13.7 Å². The quantitative estimate of drug-likeness (QED) is 0.442. The van der Waals surface area contributed by atoms with Crippen LogP contribution in [0.3, 0.4) is 0 Å². The molecule has 1 unspecified atom stereocenters. The number of hydrogen-bond acceptors (Lipinski definition) is 3. The first-order valence-electron chi connectivity index (χ1n) is 10.1. The van der Waals surface area contributed by atoms with E-state index in [4.69, 9.17) is 16.3 Å². The van der Waals surface area contributed by atoms with Gasteiger partial charge >= 0.3 is 0 Å². The predicted octanol–water partition coefficient (Wildman–Crippen LogP) is 4.87. The molecule has 3 aromatic rings. The Morgan fingerprint density at radius 2 is 1.66 bits per heavy atom. The molecular formula is C25H24BrClN2O3. The summed E-state index contributed by atoms with van der Waals surface area (Å²) < 4.78 is 6.62. The van der Waals surface area contributed by atoms with E-state index >= 15 is 0 Å². The first-order valence-corrected chi connectivity index (χ1v) is 11.3. The highest BCUT2D eigenvalue weighted by atomic mass is 79.9. The first kappa shape index (κ1) is 23.8. The van der Waals surface area contributed by atoms with Crippen molar-refractivity contribution in [3.05, 3.63) is 99.5 Å². The third-order valence-corrected chi connectivity index (χ3v) is 5.89. The molecule has 0 radical (unpaired) electrons. The molecule has 3 rings (SSSR count). The number of likely N-dealkylation sites (N-methyl/N-ethyl adjacent to an activating group) is 1. The zero-order chi connectivity index (χ0) is 22.9. The van der Waals surface area contributed by atoms with Crippen LogP contribution < -0.4 is 10.1 Å². The van der Waals surface area contributed by atoms with Gasteiger partial charge in [-0.2, -0.15) is 0 Å². The van der Waals surface area contributed by atoms with Gasteiger partial charge in [0.2, 0.25) is 5.91 Å². The van der Waals surface area contributed by atoms with Gasteiger partial charge in [-0.25, -0.2) is 0 Å². The van der Waals surface area contributed by atoms with E-state index in [1.807, 2.05) is 60.7 Å². The van der Waals surface area contributed by atoms with Crippen LogP contribution in [0.15, 0.2) is 83.3 Å². The molecule has 0 heterocycles. The van der Waals surface area contributed by atoms with Gasteiger partial charge in [0.1, 0.15) is 11.8 Å². The maximum Gasteiger partial charge on any atom is 0.261 e. The Morgan fingerprint density at radius 3 is 2.31 bits per heavy atom. The molecule has 0 bridgehead atoms. The predicted molar refractivity (Wildman–Crippen MR) is 130 cm³/mol. The molecule has 7 heteroatoms. The van der Waals surface area contributed by atoms with Crippen molar-refractivity contribution in [2.24, 2.45) is 0 Å². The number of hydrogen-bond donors (Lipinski definition) is 1. The van der Waals surface area contributed by atoms with Gasteiger partial charge in [-0.3, -0.25) is 9.59 Å². The molecule has 0 aliphatic heterocycles. The van der Waals surface area contributed by atoms with Gasteiger partial charge < -0.3 is 15.0 Å². The lowest BCUT2D eigenvalue weighted by Gasteiger charge is -2.31. The number of carbonyl (C=O) groups excluding carboxylic acids is 2. The Hall–Kier alpha value is -2.83. The highest BCUT2D eigenvalue weighted by Gasteiger charge is 2.30. The van der Waals surface area contributed by atoms with Gasteiger partial charge in [-0.15, -0.1) is 0 Å². The lowest BCUT2D eigenvalue weighted by atomic mass is 10.0. The Morgan fingerprint density at radius 1 is 1.00 bits per heavy atom. The molecule has 0 saturated carbocycles. The summed E-state index contributed by atoms with van der Waals surface area (Å²) in [4.78, 5) is 27.7. The molecule has 0 aromatic heterocycles. The lowest BCUT2D eigenvalue weighted by molar-refractivity contribution is -0.142. The zero-order valence-corrected chi connectivity index (χ0v) is 20.0. The second-order valence-corrected chi connectivity index (χ2v) is 8.50. The largest absolute Gasteiger partial charge is 0.484 e. The number of carbonyl (C=O) groups is 2. The third-order valence-electron chi connectivity index (χ3n) is 4.99. The summed E-state index contributed by atoms with van der Waals surface area (Å²) in [6, 6.07) is 23.4. The number of nitrogens with one attached hydrogen (secondary N) is 1. The van der Waals surface area contributed by atoms with Gasteiger partial charge in [0.15, 0.2) is 6.61 Å². The molecule has 0 aliphatic carbocycles. The minimum Gasteiger partial charge on any atom is -0.484 e. The molecule has 0 fully saturated rings. The normalized spacial score (nSPS) is 11.5. The summed E-state index contributed by atoms with van der Waals surface area (Å²) >= 11 is 9.74. The number of amides is 2. The summed E-state index contributed by atoms with van der Waals surface area (Å²) in [6.07, 6.45) is 0.370. The summed E-state index contributed by atoms with van der Waals surface area (Å²) in [5, 5.41) is 3.23. The van der Waals surface area contributed by atoms with E-state index in [9.17, 15) is 9.59 Å². The van der Waals surface area contributed by atoms with Crippen molar-refractivity contribution >= 4 is 39.3 Å². The van der Waals surface area contributed by atoms with Crippen molar-refractivity contribution in [1.82, 2.24) is 10.2 Å². The van der Waals surface area contributed by atoms with E-state index in [1.54, 1.807) is 25.2 Å². The lowest BCUT2D eigenvalue weighted by Crippen LogP contribution is -2.51. The molecule has 5 nitrogen and oxygen atoms in total. The van der Waals surface area contributed by atoms with Crippen molar-refractivity contribution in [2.45, 2.75) is 19.0 Å². The summed E-state index contributed by atoms with van der Waals surface area (Å²) in [5.74, 6) is 0.00839. The fourth-order valence-corrected chi connectivity index (χ4v) is 3.75. The minimum absolute atomic E-state index is 0.188. The Bertz CT molecular complexity index is 1040. The summed E-state index contributed by atoms with van der Waals surface area (Å²) in [6.45, 7) is -0.0124. The van der Waals surface area contributed by atoms with E-state index in [2.05, 4.69) is 21.2 Å². The van der Waals surface area contributed by atoms with Gasteiger partial charge in [-0.1, -0.05) is 76.1 Å². The van der Waals surface area contributed by atoms with Crippen molar-refractivity contribution < 1.29 is 14.3 Å². The van der Waals surface area contributed by atoms with Crippen molar-refractivity contribution in [3.8, 4) is 5.75 Å². The molecule has 1 atom stereocenters. The SMILES string of the molecule is CNC(=O)C(Cc1ccccc1)N(Cc1ccccc1Cl)C(=O)COc1ccc(Br)cc1. The fraction of sp³-hybridized carbons (Fsp3) is 0.200. The molecule has 0 saturated heterocycles. The zero-order valence-electron chi connectivity index (χ0n) is 17.6. The average Bonchev–Trinajstić information content (AvgIpc) is 2.82. The second kappa shape index (κ2) is 11.7. The van der Waals surface area contributed by atoms with Crippen LogP contribution in [0.5, 0.6) is 5.75 Å². The van der Waals surface area contributed by atoms with E-state index in [0.717, 1.165) is 15.6 Å². The maximum atomic E-state index is 13.3. The number of halogens is 2. The van der Waals surface area contributed by atoms with Crippen LogP contribution in [0, 0.1) is 0 Å². The van der Waals surface area contributed by atoms with Crippen LogP contribution in [-0.2, 0) is 22.6 Å². The smallest absolute Gasteiger partial charge is 0.261 e. The number of benzene rings is 3. The molecule has 0 spiro atoms. The van der Waals surface area contributed by atoms with Gasteiger partial charge in [0.05, 0.1) is 0 Å². The summed E-state index contributed by atoms with van der Waals surface area (Å²) in [7, 11) is 1.57. The second-order valence-electron chi connectivity index (χ2n) is 7.18. The van der Waals surface area contributed by atoms with Crippen LogP contribution in [-0.4, -0.2) is 36.4 Å². The Kier molecular flexibility index (Phi) is 8.71. The van der Waals surface area contributed by atoms with Crippen LogP contribution in [0.4, 0.5) is 0 Å². The maximum absolute atomic E-state index is 13.3. The molecule has 166 valence electrons. The van der Waals surface area contributed by atoms with E-state index in [-0.39, 0.29) is 25.0 Å². The Labute approximate surface area is 201 Å². The van der Waals surface area contributed by atoms with Crippen LogP contribution in [0.2, 0.25) is 5.02 Å². The number of nitrogens with zero attached hydrogens (tertiary/aromatic N) is 1. The Balaban J connectivity index is 1.87. The topological polar surface area (TPSA) is 58.6 Å². The van der Waals surface area contributed by atoms with Gasteiger partial charge in [0, 0.05) is 29.5 Å². The van der Waals surface area contributed by atoms with E-state index in [0.29, 0.717) is 17.2 Å². The minimum atomic E-state index is -0.723. The molecule has 2 amide bonds. The standard InChI is InChI=1S/C25H24BrClN2O3/c1-28-25(31)23(15-18-7-3-2-4-8-18)29(16-19-9-5-6-10-22(19)27)24(30)17-32-21-13-11-20(26)12-14-21/h2-14,23H,15-17H2,1H3,(H,28,31). The van der Waals surface area contributed by atoms with E-state index in [1.165, 1.54) is 4.90 Å². The van der Waals surface area contributed by atoms with Crippen LogP contribution in [0.1, 0.15) is 11.1 Å². The molecule has 0 aliphatic rings. The third kappa shape index (κ3) is 6.58. The van der Waals surface area contributed by atoms with Gasteiger partial charge in [-0.05, 0) is 41.5 Å².